The van der Waals surface area contributed by atoms with Gasteiger partial charge in [-0.1, -0.05) is 13.0 Å². The van der Waals surface area contributed by atoms with Crippen LogP contribution < -0.4 is 10.5 Å². The van der Waals surface area contributed by atoms with E-state index in [4.69, 9.17) is 10.5 Å². The fourth-order valence-electron chi connectivity index (χ4n) is 3.27. The topological polar surface area (TPSA) is 62.0 Å². The van der Waals surface area contributed by atoms with E-state index in [0.717, 1.165) is 31.7 Å². The van der Waals surface area contributed by atoms with Gasteiger partial charge in [0.1, 0.15) is 0 Å². The summed E-state index contributed by atoms with van der Waals surface area (Å²) >= 11 is 0. The van der Waals surface area contributed by atoms with Crippen LogP contribution in [0.2, 0.25) is 0 Å². The van der Waals surface area contributed by atoms with E-state index in [1.807, 2.05) is 19.1 Å². The van der Waals surface area contributed by atoms with Crippen LogP contribution in [0.25, 0.3) is 0 Å². The molecule has 3 N–H and O–H groups in total. The van der Waals surface area contributed by atoms with Gasteiger partial charge in [0.25, 0.3) is 0 Å². The van der Waals surface area contributed by atoms with Gasteiger partial charge in [-0.05, 0) is 38.1 Å². The molecule has 0 aliphatic carbocycles. The van der Waals surface area contributed by atoms with E-state index in [1.165, 1.54) is 0 Å². The Balaban J connectivity index is 2.19. The van der Waals surface area contributed by atoms with Crippen LogP contribution >= 0.6 is 0 Å². The summed E-state index contributed by atoms with van der Waals surface area (Å²) in [5, 5.41) is 9.87. The minimum atomic E-state index is 0.161. The van der Waals surface area contributed by atoms with Crippen LogP contribution in [-0.2, 0) is 0 Å². The zero-order valence-corrected chi connectivity index (χ0v) is 14.0. The number of hydrogen-bond donors (Lipinski definition) is 2. The normalized spacial score (nSPS) is 21.7. The number of rotatable bonds is 6. The summed E-state index contributed by atoms with van der Waals surface area (Å²) in [6.07, 6.45) is 0. The first-order valence-corrected chi connectivity index (χ1v) is 8.24. The summed E-state index contributed by atoms with van der Waals surface area (Å²) in [6.45, 7) is 11.7. The lowest BCUT2D eigenvalue weighted by atomic mass is 10.0. The SMILES string of the molecule is CCOc1cc(C(CN)N2CCN(CC)CC2C)ccc1O. The number of hydrogen-bond acceptors (Lipinski definition) is 5. The quantitative estimate of drug-likeness (QED) is 0.839. The molecule has 0 amide bonds. The van der Waals surface area contributed by atoms with Gasteiger partial charge in [-0.15, -0.1) is 0 Å². The molecule has 1 aliphatic rings. The number of nitrogens with two attached hydrogens (primary N) is 1. The Morgan fingerprint density at radius 1 is 1.36 bits per heavy atom. The summed E-state index contributed by atoms with van der Waals surface area (Å²) in [7, 11) is 0. The second kappa shape index (κ2) is 7.81. The van der Waals surface area contributed by atoms with Gasteiger partial charge in [0, 0.05) is 38.3 Å². The Bertz CT molecular complexity index is 481. The maximum absolute atomic E-state index is 9.87. The lowest BCUT2D eigenvalue weighted by Gasteiger charge is -2.43. The van der Waals surface area contributed by atoms with E-state index in [-0.39, 0.29) is 11.8 Å². The minimum absolute atomic E-state index is 0.161. The van der Waals surface area contributed by atoms with Crippen molar-refractivity contribution in [3.05, 3.63) is 23.8 Å². The third-order valence-electron chi connectivity index (χ3n) is 4.50. The Kier molecular flexibility index (Phi) is 6.06. The van der Waals surface area contributed by atoms with E-state index in [9.17, 15) is 5.11 Å². The first-order valence-electron chi connectivity index (χ1n) is 8.24. The lowest BCUT2D eigenvalue weighted by Crippen LogP contribution is -2.53. The molecule has 0 radical (unpaired) electrons. The van der Waals surface area contributed by atoms with Crippen LogP contribution in [-0.4, -0.2) is 60.3 Å². The zero-order valence-electron chi connectivity index (χ0n) is 14.0. The van der Waals surface area contributed by atoms with E-state index < -0.39 is 0 Å². The molecule has 124 valence electrons. The van der Waals surface area contributed by atoms with Crippen LogP contribution in [0.5, 0.6) is 11.5 Å². The van der Waals surface area contributed by atoms with Crippen LogP contribution in [0.1, 0.15) is 32.4 Å². The van der Waals surface area contributed by atoms with E-state index in [0.29, 0.717) is 24.9 Å². The van der Waals surface area contributed by atoms with Crippen LogP contribution in [0.3, 0.4) is 0 Å². The number of ether oxygens (including phenoxy) is 1. The second-order valence-corrected chi connectivity index (χ2v) is 5.89. The van der Waals surface area contributed by atoms with Crippen molar-refractivity contribution < 1.29 is 9.84 Å². The van der Waals surface area contributed by atoms with Gasteiger partial charge in [0.05, 0.1) is 6.61 Å². The fraction of sp³-hybridized carbons (Fsp3) is 0.647. The van der Waals surface area contributed by atoms with Gasteiger partial charge in [0.2, 0.25) is 0 Å². The molecule has 5 nitrogen and oxygen atoms in total. The molecule has 2 unspecified atom stereocenters. The first-order chi connectivity index (χ1) is 10.6. The highest BCUT2D eigenvalue weighted by atomic mass is 16.5. The second-order valence-electron chi connectivity index (χ2n) is 5.89. The molecule has 0 saturated carbocycles. The van der Waals surface area contributed by atoms with Crippen molar-refractivity contribution in [3.8, 4) is 11.5 Å². The van der Waals surface area contributed by atoms with Crippen molar-refractivity contribution in [2.45, 2.75) is 32.9 Å². The number of benzene rings is 1. The molecule has 1 aliphatic heterocycles. The Morgan fingerprint density at radius 2 is 2.14 bits per heavy atom. The van der Waals surface area contributed by atoms with Crippen molar-refractivity contribution in [3.63, 3.8) is 0 Å². The van der Waals surface area contributed by atoms with E-state index in [2.05, 4.69) is 23.6 Å². The molecule has 1 heterocycles. The molecular formula is C17H29N3O2. The van der Waals surface area contributed by atoms with Gasteiger partial charge in [-0.25, -0.2) is 0 Å². The predicted octanol–water partition coefficient (Wildman–Crippen LogP) is 1.82. The molecule has 1 aromatic rings. The zero-order chi connectivity index (χ0) is 16.1. The van der Waals surface area contributed by atoms with Gasteiger partial charge < -0.3 is 20.5 Å². The summed E-state index contributed by atoms with van der Waals surface area (Å²) < 4.78 is 5.50. The molecule has 0 bridgehead atoms. The van der Waals surface area contributed by atoms with Crippen molar-refractivity contribution in [1.82, 2.24) is 9.80 Å². The van der Waals surface area contributed by atoms with Crippen molar-refractivity contribution in [2.24, 2.45) is 5.73 Å². The standard InChI is InChI=1S/C17H29N3O2/c1-4-19-8-9-20(13(3)12-19)15(11-18)14-6-7-16(21)17(10-14)22-5-2/h6-7,10,13,15,21H,4-5,8-9,11-12,18H2,1-3H3. The molecule has 2 atom stereocenters. The van der Waals surface area contributed by atoms with Crippen LogP contribution in [0.15, 0.2) is 18.2 Å². The lowest BCUT2D eigenvalue weighted by molar-refractivity contribution is 0.0535. The van der Waals surface area contributed by atoms with E-state index >= 15 is 0 Å². The van der Waals surface area contributed by atoms with Crippen molar-refractivity contribution in [1.29, 1.82) is 0 Å². The molecule has 1 saturated heterocycles. The molecule has 5 heteroatoms. The largest absolute Gasteiger partial charge is 0.504 e. The highest BCUT2D eigenvalue weighted by molar-refractivity contribution is 5.43. The fourth-order valence-corrected chi connectivity index (χ4v) is 3.27. The summed E-state index contributed by atoms with van der Waals surface area (Å²) in [5.74, 6) is 0.725. The summed E-state index contributed by atoms with van der Waals surface area (Å²) in [4.78, 5) is 4.94. The minimum Gasteiger partial charge on any atom is -0.504 e. The van der Waals surface area contributed by atoms with Gasteiger partial charge in [-0.2, -0.15) is 0 Å². The first kappa shape index (κ1) is 17.1. The highest BCUT2D eigenvalue weighted by Gasteiger charge is 2.29. The average Bonchev–Trinajstić information content (AvgIpc) is 2.52. The third-order valence-corrected chi connectivity index (χ3v) is 4.50. The van der Waals surface area contributed by atoms with Crippen LogP contribution in [0.4, 0.5) is 0 Å². The predicted molar refractivity (Wildman–Crippen MR) is 89.4 cm³/mol. The maximum atomic E-state index is 9.87. The highest BCUT2D eigenvalue weighted by Crippen LogP contribution is 2.32. The average molecular weight is 307 g/mol. The Hall–Kier alpha value is -1.30. The number of nitrogens with zero attached hydrogens (tertiary/aromatic N) is 2. The molecule has 1 aromatic carbocycles. The van der Waals surface area contributed by atoms with Gasteiger partial charge >= 0.3 is 0 Å². The van der Waals surface area contributed by atoms with Crippen molar-refractivity contribution in [2.75, 3.05) is 39.3 Å². The molecule has 22 heavy (non-hydrogen) atoms. The van der Waals surface area contributed by atoms with Gasteiger partial charge in [0.15, 0.2) is 11.5 Å². The summed E-state index contributed by atoms with van der Waals surface area (Å²) in [5.41, 5.74) is 7.18. The number of phenols is 1. The Labute approximate surface area is 133 Å². The Morgan fingerprint density at radius 3 is 2.73 bits per heavy atom. The molecule has 1 fully saturated rings. The molecular weight excluding hydrogens is 278 g/mol. The van der Waals surface area contributed by atoms with Crippen molar-refractivity contribution >= 4 is 0 Å². The van der Waals surface area contributed by atoms with E-state index in [1.54, 1.807) is 6.07 Å². The third kappa shape index (κ3) is 3.72. The summed E-state index contributed by atoms with van der Waals surface area (Å²) in [6, 6.07) is 6.21. The maximum Gasteiger partial charge on any atom is 0.161 e. The van der Waals surface area contributed by atoms with Gasteiger partial charge in [-0.3, -0.25) is 4.90 Å². The number of phenolic OH excluding ortho intramolecular Hbond substituents is 1. The number of aromatic hydroxyl groups is 1. The number of likely N-dealkylation sites (N-methyl/N-ethyl adjacent to an activating group) is 1. The smallest absolute Gasteiger partial charge is 0.161 e. The monoisotopic (exact) mass is 307 g/mol. The number of piperazine rings is 1. The molecule has 0 aromatic heterocycles. The molecule has 2 rings (SSSR count). The van der Waals surface area contributed by atoms with Crippen LogP contribution in [0, 0.1) is 0 Å². The molecule has 0 spiro atoms.